The summed E-state index contributed by atoms with van der Waals surface area (Å²) < 4.78 is 10.7. The molecular formula is C21H29N3O5. The lowest BCUT2D eigenvalue weighted by molar-refractivity contribution is -0.138. The van der Waals surface area contributed by atoms with Gasteiger partial charge in [-0.1, -0.05) is 37.8 Å². The van der Waals surface area contributed by atoms with Crippen molar-refractivity contribution in [3.63, 3.8) is 0 Å². The molecule has 8 heteroatoms. The van der Waals surface area contributed by atoms with E-state index in [0.717, 1.165) is 36.1 Å². The van der Waals surface area contributed by atoms with Crippen molar-refractivity contribution < 1.29 is 23.9 Å². The third-order valence-corrected chi connectivity index (χ3v) is 5.81. The molecule has 0 bridgehead atoms. The summed E-state index contributed by atoms with van der Waals surface area (Å²) in [7, 11) is 4.74. The van der Waals surface area contributed by atoms with E-state index in [1.807, 2.05) is 12.1 Å². The summed E-state index contributed by atoms with van der Waals surface area (Å²) >= 11 is 0. The Bertz CT molecular complexity index is 787. The van der Waals surface area contributed by atoms with E-state index in [2.05, 4.69) is 5.32 Å². The highest BCUT2D eigenvalue weighted by atomic mass is 16.5. The summed E-state index contributed by atoms with van der Waals surface area (Å²) in [4.78, 5) is 40.8. The highest BCUT2D eigenvalue weighted by molar-refractivity contribution is 6.09. The summed E-state index contributed by atoms with van der Waals surface area (Å²) in [5.41, 5.74) is -0.0530. The molecule has 0 aromatic heterocycles. The van der Waals surface area contributed by atoms with Crippen LogP contribution in [-0.2, 0) is 16.1 Å². The quantitative estimate of drug-likeness (QED) is 0.737. The summed E-state index contributed by atoms with van der Waals surface area (Å²) in [6.07, 6.45) is 5.22. The normalized spacial score (nSPS) is 18.4. The number of amides is 4. The highest BCUT2D eigenvalue weighted by Gasteiger charge is 2.51. The van der Waals surface area contributed by atoms with Crippen LogP contribution >= 0.6 is 0 Å². The Labute approximate surface area is 171 Å². The van der Waals surface area contributed by atoms with Crippen molar-refractivity contribution in [3.8, 4) is 11.5 Å². The van der Waals surface area contributed by atoms with Crippen molar-refractivity contribution in [2.45, 2.75) is 50.6 Å². The third kappa shape index (κ3) is 4.16. The molecule has 1 saturated heterocycles. The van der Waals surface area contributed by atoms with Gasteiger partial charge in [0.15, 0.2) is 11.5 Å². The first-order chi connectivity index (χ1) is 13.9. The van der Waals surface area contributed by atoms with Crippen LogP contribution in [0.5, 0.6) is 11.5 Å². The van der Waals surface area contributed by atoms with E-state index in [9.17, 15) is 14.4 Å². The Morgan fingerprint density at radius 3 is 2.45 bits per heavy atom. The van der Waals surface area contributed by atoms with Crippen molar-refractivity contribution in [2.24, 2.45) is 0 Å². The van der Waals surface area contributed by atoms with Gasteiger partial charge in [-0.15, -0.1) is 0 Å². The Morgan fingerprint density at radius 1 is 1.14 bits per heavy atom. The molecule has 1 saturated carbocycles. The zero-order valence-electron chi connectivity index (χ0n) is 17.3. The van der Waals surface area contributed by atoms with Crippen molar-refractivity contribution in [1.82, 2.24) is 15.1 Å². The van der Waals surface area contributed by atoms with Gasteiger partial charge >= 0.3 is 6.03 Å². The number of methoxy groups -OCH3 is 2. The van der Waals surface area contributed by atoms with Gasteiger partial charge in [0.05, 0.1) is 14.2 Å². The van der Waals surface area contributed by atoms with Crippen LogP contribution in [0.1, 0.15) is 44.1 Å². The lowest BCUT2D eigenvalue weighted by atomic mass is 9.90. The number of para-hydroxylation sites is 1. The van der Waals surface area contributed by atoms with Crippen LogP contribution in [0.15, 0.2) is 18.2 Å². The average molecular weight is 403 g/mol. The fourth-order valence-corrected chi connectivity index (χ4v) is 4.17. The van der Waals surface area contributed by atoms with E-state index in [1.165, 1.54) is 4.90 Å². The van der Waals surface area contributed by atoms with Crippen LogP contribution in [0.2, 0.25) is 0 Å². The molecule has 29 heavy (non-hydrogen) atoms. The van der Waals surface area contributed by atoms with E-state index in [-0.39, 0.29) is 24.9 Å². The highest BCUT2D eigenvalue weighted by Crippen LogP contribution is 2.33. The molecule has 1 spiro atoms. The molecule has 2 aliphatic rings. The lowest BCUT2D eigenvalue weighted by Crippen LogP contribution is -2.47. The molecule has 1 aliphatic heterocycles. The fourth-order valence-electron chi connectivity index (χ4n) is 4.17. The van der Waals surface area contributed by atoms with Gasteiger partial charge in [0.2, 0.25) is 5.91 Å². The Balaban J connectivity index is 1.68. The minimum absolute atomic E-state index is 0.269. The van der Waals surface area contributed by atoms with Crippen LogP contribution in [-0.4, -0.2) is 61.0 Å². The summed E-state index contributed by atoms with van der Waals surface area (Å²) in [6.45, 7) is 0.00317. The van der Waals surface area contributed by atoms with Gasteiger partial charge in [0.25, 0.3) is 5.91 Å². The van der Waals surface area contributed by atoms with Crippen LogP contribution in [0.4, 0.5) is 4.79 Å². The van der Waals surface area contributed by atoms with Crippen molar-refractivity contribution >= 4 is 17.8 Å². The number of carbonyl (C=O) groups is 3. The van der Waals surface area contributed by atoms with Gasteiger partial charge in [-0.05, 0) is 18.9 Å². The van der Waals surface area contributed by atoms with E-state index in [0.29, 0.717) is 24.3 Å². The number of hydrogen-bond acceptors (Lipinski definition) is 5. The molecule has 1 aromatic carbocycles. The summed E-state index contributed by atoms with van der Waals surface area (Å²) in [5.74, 6) is 0.548. The first-order valence-electron chi connectivity index (χ1n) is 10.00. The molecule has 4 amide bonds. The first-order valence-corrected chi connectivity index (χ1v) is 10.00. The maximum Gasteiger partial charge on any atom is 0.325 e. The molecule has 8 nitrogen and oxygen atoms in total. The van der Waals surface area contributed by atoms with E-state index < -0.39 is 11.6 Å². The maximum atomic E-state index is 13.0. The number of nitrogens with one attached hydrogen (secondary N) is 1. The molecule has 1 N–H and O–H groups in total. The van der Waals surface area contributed by atoms with Crippen molar-refractivity contribution in [3.05, 3.63) is 23.8 Å². The van der Waals surface area contributed by atoms with Gasteiger partial charge in [-0.2, -0.15) is 0 Å². The lowest BCUT2D eigenvalue weighted by Gasteiger charge is -2.25. The van der Waals surface area contributed by atoms with Crippen LogP contribution in [0, 0.1) is 0 Å². The average Bonchev–Trinajstić information content (AvgIpc) is 2.87. The van der Waals surface area contributed by atoms with Gasteiger partial charge < -0.3 is 19.7 Å². The molecule has 3 rings (SSSR count). The topological polar surface area (TPSA) is 88.2 Å². The molecule has 0 radical (unpaired) electrons. The number of imide groups is 1. The van der Waals surface area contributed by atoms with E-state index >= 15 is 0 Å². The number of likely N-dealkylation sites (N-methyl/N-ethyl adjacent to an activating group) is 1. The second kappa shape index (κ2) is 8.71. The van der Waals surface area contributed by atoms with Crippen LogP contribution < -0.4 is 14.8 Å². The number of urea groups is 1. The molecule has 1 aromatic rings. The monoisotopic (exact) mass is 403 g/mol. The fraction of sp³-hybridized carbons (Fsp3) is 0.571. The molecule has 2 fully saturated rings. The molecule has 0 unspecified atom stereocenters. The number of ether oxygens (including phenoxy) is 2. The van der Waals surface area contributed by atoms with Gasteiger partial charge in [0, 0.05) is 19.2 Å². The molecular weight excluding hydrogens is 374 g/mol. The number of carbonyl (C=O) groups excluding carboxylic acids is 3. The Kier molecular flexibility index (Phi) is 6.30. The predicted molar refractivity (Wildman–Crippen MR) is 107 cm³/mol. The zero-order chi connectivity index (χ0) is 21.0. The smallest absolute Gasteiger partial charge is 0.325 e. The van der Waals surface area contributed by atoms with Crippen LogP contribution in [0.25, 0.3) is 0 Å². The van der Waals surface area contributed by atoms with E-state index in [1.54, 1.807) is 27.3 Å². The molecule has 1 aliphatic carbocycles. The summed E-state index contributed by atoms with van der Waals surface area (Å²) in [5, 5.41) is 2.87. The standard InChI is InChI=1S/C21H29N3O5/c1-23(13-15-9-8-10-16(28-2)18(15)29-3)17(25)14-24-19(26)21(22-20(24)27)11-6-4-5-7-12-21/h8-10H,4-7,11-14H2,1-3H3,(H,22,27). The molecule has 158 valence electrons. The second-order valence-corrected chi connectivity index (χ2v) is 7.72. The molecule has 0 atom stereocenters. The Hall–Kier alpha value is -2.77. The van der Waals surface area contributed by atoms with Crippen molar-refractivity contribution in [2.75, 3.05) is 27.8 Å². The zero-order valence-corrected chi connectivity index (χ0v) is 17.3. The van der Waals surface area contributed by atoms with E-state index in [4.69, 9.17) is 9.47 Å². The SMILES string of the molecule is COc1cccc(CN(C)C(=O)CN2C(=O)NC3(CCCCCC3)C2=O)c1OC. The van der Waals surface area contributed by atoms with Gasteiger partial charge in [0.1, 0.15) is 12.1 Å². The third-order valence-electron chi connectivity index (χ3n) is 5.81. The maximum absolute atomic E-state index is 13.0. The largest absolute Gasteiger partial charge is 0.493 e. The predicted octanol–water partition coefficient (Wildman–Crippen LogP) is 2.31. The van der Waals surface area contributed by atoms with Gasteiger partial charge in [-0.3, -0.25) is 14.5 Å². The number of hydrogen-bond donors (Lipinski definition) is 1. The van der Waals surface area contributed by atoms with Crippen LogP contribution in [0.3, 0.4) is 0 Å². The second-order valence-electron chi connectivity index (χ2n) is 7.72. The van der Waals surface area contributed by atoms with Crippen molar-refractivity contribution in [1.29, 1.82) is 0 Å². The Morgan fingerprint density at radius 2 is 1.83 bits per heavy atom. The molecule has 1 heterocycles. The first kappa shape index (κ1) is 21.0. The number of rotatable bonds is 6. The number of nitrogens with zero attached hydrogens (tertiary/aromatic N) is 2. The minimum Gasteiger partial charge on any atom is -0.493 e. The number of benzene rings is 1. The van der Waals surface area contributed by atoms with Gasteiger partial charge in [-0.25, -0.2) is 4.79 Å². The summed E-state index contributed by atoms with van der Waals surface area (Å²) in [6, 6.07) is 4.98. The minimum atomic E-state index is -0.831.